The molecule has 2 aromatic heterocycles. The molecule has 2 N–H and O–H groups in total. The van der Waals surface area contributed by atoms with Crippen molar-refractivity contribution in [2.45, 2.75) is 0 Å². The number of amides is 1. The Labute approximate surface area is 143 Å². The number of benzene rings is 2. The molecule has 124 valence electrons. The van der Waals surface area contributed by atoms with E-state index in [1.165, 1.54) is 0 Å². The average molecular weight is 333 g/mol. The molecule has 0 unspecified atom stereocenters. The van der Waals surface area contributed by atoms with Crippen LogP contribution in [0.3, 0.4) is 0 Å². The molecule has 0 fully saturated rings. The van der Waals surface area contributed by atoms with Crippen LogP contribution in [0.4, 0.5) is 0 Å². The van der Waals surface area contributed by atoms with E-state index < -0.39 is 5.91 Å². The van der Waals surface area contributed by atoms with Crippen LogP contribution in [0.1, 0.15) is 16.1 Å². The summed E-state index contributed by atoms with van der Waals surface area (Å²) < 4.78 is 10.8. The second kappa shape index (κ2) is 6.16. The molecule has 0 bridgehead atoms. The maximum absolute atomic E-state index is 12.2. The second-order valence-electron chi connectivity index (χ2n) is 5.48. The number of aromatic amines is 1. The number of H-pyrrole nitrogens is 1. The van der Waals surface area contributed by atoms with Gasteiger partial charge in [-0.15, -0.1) is 0 Å². The summed E-state index contributed by atoms with van der Waals surface area (Å²) in [7, 11) is 1.56. The van der Waals surface area contributed by atoms with Gasteiger partial charge in [0.25, 0.3) is 0 Å². The minimum absolute atomic E-state index is 0.176. The molecular formula is C19H15N3O3. The fraction of sp³-hybridized carbons (Fsp3) is 0.0526. The van der Waals surface area contributed by atoms with Crippen molar-refractivity contribution in [3.8, 4) is 5.75 Å². The predicted octanol–water partition coefficient (Wildman–Crippen LogP) is 3.69. The van der Waals surface area contributed by atoms with E-state index in [1.807, 2.05) is 42.6 Å². The molecule has 1 amide bonds. The minimum Gasteiger partial charge on any atom is -0.493 e. The van der Waals surface area contributed by atoms with Crippen molar-refractivity contribution in [2.75, 3.05) is 7.11 Å². The molecule has 0 aliphatic heterocycles. The molecule has 2 aromatic carbocycles. The van der Waals surface area contributed by atoms with Gasteiger partial charge in [-0.25, -0.2) is 5.43 Å². The molecule has 0 spiro atoms. The van der Waals surface area contributed by atoms with Gasteiger partial charge < -0.3 is 14.1 Å². The van der Waals surface area contributed by atoms with Crippen LogP contribution < -0.4 is 10.2 Å². The lowest BCUT2D eigenvalue weighted by Crippen LogP contribution is -2.16. The van der Waals surface area contributed by atoms with Crippen LogP contribution in [0.25, 0.3) is 21.9 Å². The van der Waals surface area contributed by atoms with Gasteiger partial charge in [0.1, 0.15) is 0 Å². The van der Waals surface area contributed by atoms with Crippen molar-refractivity contribution < 1.29 is 13.9 Å². The molecule has 0 saturated heterocycles. The van der Waals surface area contributed by atoms with E-state index in [0.717, 1.165) is 21.9 Å². The fourth-order valence-electron chi connectivity index (χ4n) is 2.73. The second-order valence-corrected chi connectivity index (χ2v) is 5.48. The summed E-state index contributed by atoms with van der Waals surface area (Å²) in [5.74, 6) is 0.337. The lowest BCUT2D eigenvalue weighted by Gasteiger charge is -1.98. The van der Waals surface area contributed by atoms with Gasteiger partial charge in [0.2, 0.25) is 0 Å². The average Bonchev–Trinajstić information content (AvgIpc) is 3.25. The SMILES string of the molecule is COc1cccc2cc(C(=O)N/N=C\c3c[nH]c4ccccc34)oc12. The predicted molar refractivity (Wildman–Crippen MR) is 96.1 cm³/mol. The first kappa shape index (κ1) is 15.0. The Morgan fingerprint density at radius 1 is 1.24 bits per heavy atom. The Hall–Kier alpha value is -3.54. The summed E-state index contributed by atoms with van der Waals surface area (Å²) in [6.07, 6.45) is 3.44. The van der Waals surface area contributed by atoms with Crippen LogP contribution in [0, 0.1) is 0 Å². The molecule has 0 aliphatic carbocycles. The number of rotatable bonds is 4. The number of ether oxygens (including phenoxy) is 1. The van der Waals surface area contributed by atoms with E-state index in [0.29, 0.717) is 11.3 Å². The maximum atomic E-state index is 12.2. The van der Waals surface area contributed by atoms with Gasteiger partial charge in [-0.2, -0.15) is 5.10 Å². The molecule has 0 radical (unpaired) electrons. The van der Waals surface area contributed by atoms with E-state index in [-0.39, 0.29) is 5.76 Å². The number of carbonyl (C=O) groups excluding carboxylic acids is 1. The smallest absolute Gasteiger partial charge is 0.307 e. The van der Waals surface area contributed by atoms with E-state index in [1.54, 1.807) is 25.5 Å². The normalized spacial score (nSPS) is 11.4. The third-order valence-electron chi connectivity index (χ3n) is 3.94. The summed E-state index contributed by atoms with van der Waals surface area (Å²) >= 11 is 0. The number of hydrogen-bond donors (Lipinski definition) is 2. The minimum atomic E-state index is -0.422. The Bertz CT molecular complexity index is 1090. The third kappa shape index (κ3) is 2.74. The van der Waals surface area contributed by atoms with Crippen molar-refractivity contribution in [2.24, 2.45) is 5.10 Å². The largest absolute Gasteiger partial charge is 0.493 e. The van der Waals surface area contributed by atoms with Crippen molar-refractivity contribution in [1.82, 2.24) is 10.4 Å². The van der Waals surface area contributed by atoms with Crippen LogP contribution >= 0.6 is 0 Å². The van der Waals surface area contributed by atoms with Gasteiger partial charge in [0.15, 0.2) is 17.1 Å². The fourth-order valence-corrected chi connectivity index (χ4v) is 2.73. The van der Waals surface area contributed by atoms with E-state index >= 15 is 0 Å². The molecular weight excluding hydrogens is 318 g/mol. The Morgan fingerprint density at radius 2 is 2.12 bits per heavy atom. The van der Waals surface area contributed by atoms with E-state index in [4.69, 9.17) is 9.15 Å². The molecule has 0 atom stereocenters. The Balaban J connectivity index is 1.54. The van der Waals surface area contributed by atoms with Gasteiger partial charge in [0, 0.05) is 28.0 Å². The van der Waals surface area contributed by atoms with Crippen molar-refractivity contribution in [1.29, 1.82) is 0 Å². The number of fused-ring (bicyclic) bond motifs is 2. The lowest BCUT2D eigenvalue weighted by molar-refractivity contribution is 0.0929. The highest BCUT2D eigenvalue weighted by molar-refractivity contribution is 6.00. The summed E-state index contributed by atoms with van der Waals surface area (Å²) in [5, 5.41) is 5.85. The summed E-state index contributed by atoms with van der Waals surface area (Å²) in [5.41, 5.74) is 4.92. The topological polar surface area (TPSA) is 79.6 Å². The standard InChI is InChI=1S/C19H15N3O3/c1-24-16-8-4-5-12-9-17(25-18(12)16)19(23)22-21-11-13-10-20-15-7-3-2-6-14(13)15/h2-11,20H,1H3,(H,22,23)/b21-11-. The third-order valence-corrected chi connectivity index (χ3v) is 3.94. The van der Waals surface area contributed by atoms with Gasteiger partial charge in [-0.05, 0) is 18.2 Å². The summed E-state index contributed by atoms with van der Waals surface area (Å²) in [4.78, 5) is 15.4. The zero-order valence-corrected chi connectivity index (χ0v) is 13.4. The first-order valence-electron chi connectivity index (χ1n) is 7.72. The molecule has 4 aromatic rings. The van der Waals surface area contributed by atoms with Crippen molar-refractivity contribution in [3.05, 3.63) is 66.1 Å². The number of carbonyl (C=O) groups is 1. The van der Waals surface area contributed by atoms with Crippen LogP contribution in [0.15, 0.2) is 64.2 Å². The number of aromatic nitrogens is 1. The Kier molecular flexibility index (Phi) is 3.70. The molecule has 4 rings (SSSR count). The molecule has 25 heavy (non-hydrogen) atoms. The number of para-hydroxylation sites is 2. The highest BCUT2D eigenvalue weighted by Crippen LogP contribution is 2.28. The van der Waals surface area contributed by atoms with Crippen molar-refractivity contribution >= 4 is 34.0 Å². The van der Waals surface area contributed by atoms with E-state index in [9.17, 15) is 4.79 Å². The highest BCUT2D eigenvalue weighted by Gasteiger charge is 2.14. The van der Waals surface area contributed by atoms with Crippen molar-refractivity contribution in [3.63, 3.8) is 0 Å². The monoisotopic (exact) mass is 333 g/mol. The zero-order chi connectivity index (χ0) is 17.2. The van der Waals surface area contributed by atoms with Gasteiger partial charge in [-0.1, -0.05) is 30.3 Å². The number of nitrogens with zero attached hydrogens (tertiary/aromatic N) is 1. The van der Waals surface area contributed by atoms with Crippen LogP contribution in [0.2, 0.25) is 0 Å². The highest BCUT2D eigenvalue weighted by atomic mass is 16.5. The number of hydrogen-bond acceptors (Lipinski definition) is 4. The number of furan rings is 1. The lowest BCUT2D eigenvalue weighted by atomic mass is 10.2. The first-order chi connectivity index (χ1) is 12.3. The first-order valence-corrected chi connectivity index (χ1v) is 7.72. The number of hydrazone groups is 1. The van der Waals surface area contributed by atoms with Crippen LogP contribution in [-0.2, 0) is 0 Å². The maximum Gasteiger partial charge on any atom is 0.307 e. The zero-order valence-electron chi connectivity index (χ0n) is 13.4. The Morgan fingerprint density at radius 3 is 3.00 bits per heavy atom. The van der Waals surface area contributed by atoms with Gasteiger partial charge in [-0.3, -0.25) is 4.79 Å². The quantitative estimate of drug-likeness (QED) is 0.441. The van der Waals surface area contributed by atoms with Crippen LogP contribution in [0.5, 0.6) is 5.75 Å². The molecule has 0 aliphatic rings. The van der Waals surface area contributed by atoms with E-state index in [2.05, 4.69) is 15.5 Å². The molecule has 6 heteroatoms. The van der Waals surface area contributed by atoms with Gasteiger partial charge in [0.05, 0.1) is 13.3 Å². The summed E-state index contributed by atoms with van der Waals surface area (Å²) in [6, 6.07) is 15.0. The molecule has 0 saturated carbocycles. The van der Waals surface area contributed by atoms with Crippen LogP contribution in [-0.4, -0.2) is 24.2 Å². The molecule has 6 nitrogen and oxygen atoms in total. The number of nitrogens with one attached hydrogen (secondary N) is 2. The van der Waals surface area contributed by atoms with Gasteiger partial charge >= 0.3 is 5.91 Å². The summed E-state index contributed by atoms with van der Waals surface area (Å²) in [6.45, 7) is 0. The number of methoxy groups -OCH3 is 1. The molecule has 2 heterocycles.